The van der Waals surface area contributed by atoms with E-state index in [1.54, 1.807) is 6.92 Å². The van der Waals surface area contributed by atoms with Crippen molar-refractivity contribution in [2.45, 2.75) is 39.5 Å². The van der Waals surface area contributed by atoms with E-state index in [1.165, 1.54) is 5.56 Å². The molecule has 31 heavy (non-hydrogen) atoms. The molecule has 0 spiro atoms. The Hall–Kier alpha value is -1.71. The van der Waals surface area contributed by atoms with Crippen molar-refractivity contribution in [2.24, 2.45) is 0 Å². The van der Waals surface area contributed by atoms with Crippen molar-refractivity contribution in [3.8, 4) is 0 Å². The fourth-order valence-corrected chi connectivity index (χ4v) is 2.10. The molecule has 1 aromatic rings. The average Bonchev–Trinajstić information content (AvgIpc) is 2.68. The second-order valence-corrected chi connectivity index (χ2v) is 7.74. The van der Waals surface area contributed by atoms with Crippen LogP contribution in [0.2, 0.25) is 0 Å². The van der Waals surface area contributed by atoms with E-state index in [0.29, 0.717) is 12.2 Å². The van der Waals surface area contributed by atoms with Crippen LogP contribution in [-0.2, 0) is 24.4 Å². The number of carboxylic acid groups (broad SMARTS) is 1. The first-order chi connectivity index (χ1) is 13.9. The normalized spacial score (nSPS) is 9.39. The largest absolute Gasteiger partial charge is 1.00 e. The monoisotopic (exact) mass is 462 g/mol. The molecule has 168 valence electrons. The molecule has 0 aliphatic rings. The summed E-state index contributed by atoms with van der Waals surface area (Å²) in [5.74, 6) is -2.14. The maximum absolute atomic E-state index is 10.7. The maximum atomic E-state index is 10.7. The van der Waals surface area contributed by atoms with Crippen LogP contribution in [0.3, 0.4) is 0 Å². The number of hydrogen-bond acceptors (Lipinski definition) is 6. The van der Waals surface area contributed by atoms with Gasteiger partial charge in [0.15, 0.2) is 0 Å². The van der Waals surface area contributed by atoms with E-state index in [-0.39, 0.29) is 53.9 Å². The SMILES string of the molecule is C=C(C)C(=O)OCCCC.C=C(CCCS(=O)(=O)O)C(=O)[O-].C=Cc1ccccc1.[Na+]. The molecular formula is C22H31NaO7S. The molecule has 0 atom stereocenters. The third-order valence-corrected chi connectivity index (χ3v) is 4.09. The van der Waals surface area contributed by atoms with Crippen molar-refractivity contribution in [3.05, 3.63) is 66.8 Å². The third-order valence-electron chi connectivity index (χ3n) is 3.28. The first-order valence-corrected chi connectivity index (χ1v) is 10.9. The van der Waals surface area contributed by atoms with E-state index >= 15 is 0 Å². The fraction of sp³-hybridized carbons (Fsp3) is 0.364. The summed E-state index contributed by atoms with van der Waals surface area (Å²) in [5, 5.41) is 10.0. The van der Waals surface area contributed by atoms with Crippen LogP contribution < -0.4 is 34.7 Å². The number of aliphatic carboxylic acids is 1. The molecule has 0 amide bonds. The third kappa shape index (κ3) is 24.4. The van der Waals surface area contributed by atoms with Gasteiger partial charge in [0.2, 0.25) is 0 Å². The number of carbonyl (C=O) groups excluding carboxylic acids is 2. The van der Waals surface area contributed by atoms with E-state index in [9.17, 15) is 23.1 Å². The predicted octanol–water partition coefficient (Wildman–Crippen LogP) is 0.200. The molecule has 0 unspecified atom stereocenters. The van der Waals surface area contributed by atoms with Gasteiger partial charge in [0.25, 0.3) is 10.1 Å². The number of carboxylic acids is 1. The molecule has 0 aliphatic carbocycles. The molecule has 0 saturated heterocycles. The summed E-state index contributed by atoms with van der Waals surface area (Å²) in [5.41, 5.74) is 1.47. The van der Waals surface area contributed by atoms with Gasteiger partial charge in [0, 0.05) is 5.57 Å². The molecule has 0 aliphatic heterocycles. The average molecular weight is 463 g/mol. The van der Waals surface area contributed by atoms with Gasteiger partial charge in [-0.1, -0.05) is 69.5 Å². The molecular weight excluding hydrogens is 431 g/mol. The van der Waals surface area contributed by atoms with Crippen LogP contribution >= 0.6 is 0 Å². The topological polar surface area (TPSA) is 121 Å². The smallest absolute Gasteiger partial charge is 0.545 e. The van der Waals surface area contributed by atoms with E-state index in [0.717, 1.165) is 12.8 Å². The Bertz CT molecular complexity index is 787. The summed E-state index contributed by atoms with van der Waals surface area (Å²) in [6, 6.07) is 10.0. The van der Waals surface area contributed by atoms with Crippen molar-refractivity contribution in [2.75, 3.05) is 12.4 Å². The first kappa shape index (κ1) is 33.9. The standard InChI is InChI=1S/C8H14O2.C8H8.C6H10O5S.Na/c1-4-5-6-10-8(9)7(2)3;1-2-8-6-4-3-5-7-8;1-5(6(7)8)3-2-4-12(9,10)11;/h2,4-6H2,1,3H3;2-7H,1H2;1-4H2,(H,7,8)(H,9,10,11);/q;;;+1/p-1. The van der Waals surface area contributed by atoms with Crippen molar-refractivity contribution in [1.29, 1.82) is 0 Å². The van der Waals surface area contributed by atoms with E-state index in [2.05, 4.69) is 26.7 Å². The minimum absolute atomic E-state index is 0. The summed E-state index contributed by atoms with van der Waals surface area (Å²) in [7, 11) is -4.00. The molecule has 9 heteroatoms. The molecule has 1 N–H and O–H groups in total. The summed E-state index contributed by atoms with van der Waals surface area (Å²) < 4.78 is 33.3. The van der Waals surface area contributed by atoms with E-state index in [4.69, 9.17) is 9.29 Å². The van der Waals surface area contributed by atoms with Gasteiger partial charge in [-0.25, -0.2) is 4.79 Å². The molecule has 0 fully saturated rings. The van der Waals surface area contributed by atoms with Gasteiger partial charge in [0.05, 0.1) is 18.3 Å². The molecule has 0 saturated carbocycles. The van der Waals surface area contributed by atoms with E-state index in [1.807, 2.05) is 36.4 Å². The van der Waals surface area contributed by atoms with Crippen LogP contribution in [0.15, 0.2) is 61.2 Å². The van der Waals surface area contributed by atoms with Crippen molar-refractivity contribution in [3.63, 3.8) is 0 Å². The Labute approximate surface area is 207 Å². The molecule has 7 nitrogen and oxygen atoms in total. The second-order valence-electron chi connectivity index (χ2n) is 6.17. The molecule has 1 rings (SSSR count). The first-order valence-electron chi connectivity index (χ1n) is 9.29. The number of esters is 1. The van der Waals surface area contributed by atoms with Gasteiger partial charge in [-0.3, -0.25) is 4.55 Å². The maximum Gasteiger partial charge on any atom is 1.00 e. The Morgan fingerprint density at radius 1 is 1.16 bits per heavy atom. The Kier molecular flexibility index (Phi) is 22.1. The zero-order valence-electron chi connectivity index (χ0n) is 18.6. The zero-order valence-corrected chi connectivity index (χ0v) is 21.4. The quantitative estimate of drug-likeness (QED) is 0.173. The van der Waals surface area contributed by atoms with Crippen molar-refractivity contribution < 1.29 is 62.0 Å². The number of benzene rings is 1. The van der Waals surface area contributed by atoms with E-state index < -0.39 is 21.8 Å². The minimum Gasteiger partial charge on any atom is -0.545 e. The number of carbonyl (C=O) groups is 2. The van der Waals surface area contributed by atoms with Crippen LogP contribution in [0.4, 0.5) is 0 Å². The molecule has 1 aromatic carbocycles. The molecule has 0 heterocycles. The second kappa shape index (κ2) is 20.2. The van der Waals surface area contributed by atoms with Crippen LogP contribution in [0, 0.1) is 0 Å². The number of ether oxygens (including phenoxy) is 1. The zero-order chi connectivity index (χ0) is 23.6. The fourth-order valence-electron chi connectivity index (χ4n) is 1.59. The Balaban J connectivity index is -0.000000379. The Morgan fingerprint density at radius 3 is 2.06 bits per heavy atom. The number of rotatable bonds is 10. The molecule has 0 aromatic heterocycles. The Morgan fingerprint density at radius 2 is 1.71 bits per heavy atom. The summed E-state index contributed by atoms with van der Waals surface area (Å²) in [4.78, 5) is 20.7. The van der Waals surface area contributed by atoms with Gasteiger partial charge in [-0.15, -0.1) is 0 Å². The van der Waals surface area contributed by atoms with Crippen LogP contribution in [0.25, 0.3) is 6.08 Å². The van der Waals surface area contributed by atoms with Gasteiger partial charge in [-0.2, -0.15) is 8.42 Å². The summed E-state index contributed by atoms with van der Waals surface area (Å²) in [6.45, 7) is 14.4. The van der Waals surface area contributed by atoms with Gasteiger partial charge in [-0.05, 0) is 37.3 Å². The van der Waals surface area contributed by atoms with Crippen molar-refractivity contribution in [1.82, 2.24) is 0 Å². The number of unbranched alkanes of at least 4 members (excludes halogenated alkanes) is 1. The van der Waals surface area contributed by atoms with Gasteiger partial charge >= 0.3 is 35.5 Å². The van der Waals surface area contributed by atoms with Crippen LogP contribution in [0.1, 0.15) is 45.1 Å². The molecule has 0 radical (unpaired) electrons. The predicted molar refractivity (Wildman–Crippen MR) is 117 cm³/mol. The molecule has 0 bridgehead atoms. The van der Waals surface area contributed by atoms with Crippen LogP contribution in [-0.4, -0.2) is 37.3 Å². The summed E-state index contributed by atoms with van der Waals surface area (Å²) in [6.07, 6.45) is 3.84. The number of hydrogen-bond donors (Lipinski definition) is 1. The minimum atomic E-state index is -4.00. The van der Waals surface area contributed by atoms with Crippen LogP contribution in [0.5, 0.6) is 0 Å². The van der Waals surface area contributed by atoms with Gasteiger partial charge < -0.3 is 14.6 Å². The van der Waals surface area contributed by atoms with Crippen molar-refractivity contribution >= 4 is 28.1 Å². The summed E-state index contributed by atoms with van der Waals surface area (Å²) >= 11 is 0. The van der Waals surface area contributed by atoms with Gasteiger partial charge in [0.1, 0.15) is 0 Å².